The van der Waals surface area contributed by atoms with Crippen LogP contribution in [0.4, 0.5) is 5.69 Å². The van der Waals surface area contributed by atoms with Gasteiger partial charge < -0.3 is 14.8 Å². The summed E-state index contributed by atoms with van der Waals surface area (Å²) in [5.41, 5.74) is 1.14. The number of nitrogens with one attached hydrogen (secondary N) is 1. The minimum Gasteiger partial charge on any atom is -0.454 e. The Bertz CT molecular complexity index is 423. The van der Waals surface area contributed by atoms with E-state index >= 15 is 0 Å². The highest BCUT2D eigenvalue weighted by Crippen LogP contribution is 2.36. The molecular formula is C15H21NO2. The second kappa shape index (κ2) is 4.71. The van der Waals surface area contributed by atoms with Gasteiger partial charge >= 0.3 is 0 Å². The first-order chi connectivity index (χ1) is 8.74. The van der Waals surface area contributed by atoms with Crippen LogP contribution in [0.1, 0.15) is 33.1 Å². The molecule has 2 unspecified atom stereocenters. The van der Waals surface area contributed by atoms with E-state index in [9.17, 15) is 0 Å². The fraction of sp³-hybridized carbons (Fsp3) is 0.600. The summed E-state index contributed by atoms with van der Waals surface area (Å²) in [4.78, 5) is 0. The van der Waals surface area contributed by atoms with Gasteiger partial charge in [-0.2, -0.15) is 0 Å². The summed E-state index contributed by atoms with van der Waals surface area (Å²) in [5.74, 6) is 3.18. The van der Waals surface area contributed by atoms with Gasteiger partial charge in [0.05, 0.1) is 0 Å². The lowest BCUT2D eigenvalue weighted by molar-refractivity contribution is 0.174. The predicted octanol–water partition coefficient (Wildman–Crippen LogP) is 3.65. The van der Waals surface area contributed by atoms with Crippen molar-refractivity contribution >= 4 is 5.69 Å². The van der Waals surface area contributed by atoms with Crippen LogP contribution in [-0.2, 0) is 0 Å². The van der Waals surface area contributed by atoms with Crippen LogP contribution < -0.4 is 14.8 Å². The van der Waals surface area contributed by atoms with E-state index < -0.39 is 0 Å². The second-order valence-electron chi connectivity index (χ2n) is 5.62. The van der Waals surface area contributed by atoms with Gasteiger partial charge in [0.2, 0.25) is 6.79 Å². The summed E-state index contributed by atoms with van der Waals surface area (Å²) in [6, 6.07) is 6.69. The Morgan fingerprint density at radius 2 is 1.78 bits per heavy atom. The average molecular weight is 247 g/mol. The van der Waals surface area contributed by atoms with Crippen molar-refractivity contribution in [1.29, 1.82) is 0 Å². The molecule has 3 rings (SSSR count). The van der Waals surface area contributed by atoms with Crippen molar-refractivity contribution in [2.75, 3.05) is 12.1 Å². The lowest BCUT2D eigenvalue weighted by Crippen LogP contribution is -2.36. The molecule has 98 valence electrons. The maximum Gasteiger partial charge on any atom is 0.231 e. The number of hydrogen-bond acceptors (Lipinski definition) is 3. The van der Waals surface area contributed by atoms with Crippen LogP contribution in [0.5, 0.6) is 11.5 Å². The first-order valence-corrected chi connectivity index (χ1v) is 6.90. The molecule has 18 heavy (non-hydrogen) atoms. The van der Waals surface area contributed by atoms with Crippen LogP contribution in [0.2, 0.25) is 0 Å². The number of benzene rings is 1. The average Bonchev–Trinajstić information content (AvgIpc) is 2.81. The predicted molar refractivity (Wildman–Crippen MR) is 72.2 cm³/mol. The van der Waals surface area contributed by atoms with Crippen molar-refractivity contribution in [3.63, 3.8) is 0 Å². The minimum atomic E-state index is 0.342. The largest absolute Gasteiger partial charge is 0.454 e. The lowest BCUT2D eigenvalue weighted by atomic mass is 9.78. The molecule has 1 aliphatic carbocycles. The van der Waals surface area contributed by atoms with Crippen molar-refractivity contribution in [3.8, 4) is 11.5 Å². The van der Waals surface area contributed by atoms with Gasteiger partial charge in [-0.1, -0.05) is 20.3 Å². The van der Waals surface area contributed by atoms with Gasteiger partial charge in [0.15, 0.2) is 11.5 Å². The Hall–Kier alpha value is -1.38. The Kier molecular flexibility index (Phi) is 3.06. The number of ether oxygens (including phenoxy) is 2. The van der Waals surface area contributed by atoms with E-state index in [-0.39, 0.29) is 0 Å². The van der Waals surface area contributed by atoms with E-state index in [0.717, 1.165) is 29.0 Å². The monoisotopic (exact) mass is 247 g/mol. The standard InChI is InChI=1S/C15H21NO2/c1-10-4-3-5-11(2)15(10)16-12-6-7-13-14(8-12)18-9-17-13/h6-8,10-11,15-16H,3-5,9H2,1-2H3. The molecule has 1 N–H and O–H groups in total. The van der Waals surface area contributed by atoms with Gasteiger partial charge in [0, 0.05) is 17.8 Å². The molecule has 1 fully saturated rings. The van der Waals surface area contributed by atoms with Crippen LogP contribution in [0, 0.1) is 11.8 Å². The molecule has 0 bridgehead atoms. The van der Waals surface area contributed by atoms with E-state index in [4.69, 9.17) is 9.47 Å². The van der Waals surface area contributed by atoms with Gasteiger partial charge in [0.1, 0.15) is 0 Å². The summed E-state index contributed by atoms with van der Waals surface area (Å²) in [6.07, 6.45) is 4.01. The van der Waals surface area contributed by atoms with Crippen molar-refractivity contribution in [2.45, 2.75) is 39.2 Å². The molecule has 3 heteroatoms. The minimum absolute atomic E-state index is 0.342. The summed E-state index contributed by atoms with van der Waals surface area (Å²) >= 11 is 0. The van der Waals surface area contributed by atoms with E-state index in [1.165, 1.54) is 19.3 Å². The van der Waals surface area contributed by atoms with Crippen LogP contribution in [0.3, 0.4) is 0 Å². The zero-order chi connectivity index (χ0) is 12.5. The second-order valence-corrected chi connectivity index (χ2v) is 5.62. The topological polar surface area (TPSA) is 30.5 Å². The van der Waals surface area contributed by atoms with Crippen molar-refractivity contribution in [1.82, 2.24) is 0 Å². The lowest BCUT2D eigenvalue weighted by Gasteiger charge is -2.35. The SMILES string of the molecule is CC1CCCC(C)C1Nc1ccc2c(c1)OCO2. The van der Waals surface area contributed by atoms with E-state index in [1.54, 1.807) is 0 Å². The molecule has 0 amide bonds. The molecular weight excluding hydrogens is 226 g/mol. The third-order valence-electron chi connectivity index (χ3n) is 4.25. The third-order valence-corrected chi connectivity index (χ3v) is 4.25. The molecule has 0 spiro atoms. The molecule has 1 heterocycles. The third kappa shape index (κ3) is 2.14. The number of rotatable bonds is 2. The number of anilines is 1. The van der Waals surface area contributed by atoms with Gasteiger partial charge in [-0.3, -0.25) is 0 Å². The zero-order valence-corrected chi connectivity index (χ0v) is 11.1. The Balaban J connectivity index is 1.75. The van der Waals surface area contributed by atoms with Crippen molar-refractivity contribution in [3.05, 3.63) is 18.2 Å². The molecule has 1 aromatic carbocycles. The van der Waals surface area contributed by atoms with E-state index in [1.807, 2.05) is 6.07 Å². The fourth-order valence-corrected chi connectivity index (χ4v) is 3.15. The fourth-order valence-electron chi connectivity index (χ4n) is 3.15. The summed E-state index contributed by atoms with van der Waals surface area (Å²) in [7, 11) is 0. The Morgan fingerprint density at radius 3 is 2.56 bits per heavy atom. The molecule has 3 nitrogen and oxygen atoms in total. The summed E-state index contributed by atoms with van der Waals surface area (Å²) in [6.45, 7) is 5.04. The highest BCUT2D eigenvalue weighted by Gasteiger charge is 2.27. The molecule has 0 saturated heterocycles. The van der Waals surface area contributed by atoms with E-state index in [2.05, 4.69) is 31.3 Å². The van der Waals surface area contributed by atoms with Crippen molar-refractivity contribution in [2.24, 2.45) is 11.8 Å². The normalized spacial score (nSPS) is 30.2. The molecule has 2 aliphatic rings. The van der Waals surface area contributed by atoms with Crippen LogP contribution in [0.25, 0.3) is 0 Å². The molecule has 2 atom stereocenters. The van der Waals surface area contributed by atoms with Crippen molar-refractivity contribution < 1.29 is 9.47 Å². The van der Waals surface area contributed by atoms with Gasteiger partial charge in [-0.15, -0.1) is 0 Å². The zero-order valence-electron chi connectivity index (χ0n) is 11.1. The summed E-state index contributed by atoms with van der Waals surface area (Å²) < 4.78 is 10.8. The van der Waals surface area contributed by atoms with Crippen LogP contribution in [-0.4, -0.2) is 12.8 Å². The quantitative estimate of drug-likeness (QED) is 0.865. The highest BCUT2D eigenvalue weighted by molar-refractivity contribution is 5.56. The molecule has 1 aromatic rings. The number of fused-ring (bicyclic) bond motifs is 1. The Labute approximate surface area is 108 Å². The molecule has 0 aromatic heterocycles. The molecule has 1 saturated carbocycles. The van der Waals surface area contributed by atoms with Crippen LogP contribution >= 0.6 is 0 Å². The van der Waals surface area contributed by atoms with Gasteiger partial charge in [-0.05, 0) is 36.8 Å². The van der Waals surface area contributed by atoms with Gasteiger partial charge in [-0.25, -0.2) is 0 Å². The number of hydrogen-bond donors (Lipinski definition) is 1. The first kappa shape index (κ1) is 11.7. The maximum atomic E-state index is 5.42. The van der Waals surface area contributed by atoms with Gasteiger partial charge in [0.25, 0.3) is 0 Å². The highest BCUT2D eigenvalue weighted by atomic mass is 16.7. The smallest absolute Gasteiger partial charge is 0.231 e. The Morgan fingerprint density at radius 1 is 1.06 bits per heavy atom. The molecule has 1 aliphatic heterocycles. The maximum absolute atomic E-state index is 5.42. The van der Waals surface area contributed by atoms with Crippen LogP contribution in [0.15, 0.2) is 18.2 Å². The van der Waals surface area contributed by atoms with E-state index in [0.29, 0.717) is 12.8 Å². The summed E-state index contributed by atoms with van der Waals surface area (Å²) in [5, 5.41) is 3.67. The molecule has 0 radical (unpaired) electrons. The first-order valence-electron chi connectivity index (χ1n) is 6.90.